The molecule has 0 radical (unpaired) electrons. The maximum Gasteiger partial charge on any atom is 0.225 e. The number of rotatable bonds is 5. The van der Waals surface area contributed by atoms with E-state index in [1.54, 1.807) is 0 Å². The first kappa shape index (κ1) is 17.4. The number of likely N-dealkylation sites (tertiary alicyclic amines) is 1. The molecule has 0 spiro atoms. The Bertz CT molecular complexity index is 515. The average molecular weight is 330 g/mol. The first-order chi connectivity index (χ1) is 11.7. The fourth-order valence-corrected chi connectivity index (χ4v) is 3.64. The summed E-state index contributed by atoms with van der Waals surface area (Å²) in [5, 5.41) is 3.16. The molecule has 4 nitrogen and oxygen atoms in total. The Balaban J connectivity index is 1.35. The molecule has 2 heterocycles. The SMILES string of the molecule is Cc1ccc(CN2CCC(CNC(=O)C3CCCOC3)CC2)cc1. The topological polar surface area (TPSA) is 41.6 Å². The zero-order valence-corrected chi connectivity index (χ0v) is 14.8. The Morgan fingerprint density at radius 1 is 1.21 bits per heavy atom. The van der Waals surface area contributed by atoms with E-state index < -0.39 is 0 Å². The van der Waals surface area contributed by atoms with Crippen molar-refractivity contribution < 1.29 is 9.53 Å². The van der Waals surface area contributed by atoms with Crippen molar-refractivity contribution in [2.24, 2.45) is 11.8 Å². The third-order valence-electron chi connectivity index (χ3n) is 5.33. The highest BCUT2D eigenvalue weighted by molar-refractivity contribution is 5.78. The molecule has 3 rings (SSSR count). The molecule has 132 valence electrons. The van der Waals surface area contributed by atoms with E-state index in [0.717, 1.165) is 45.6 Å². The molecule has 0 aliphatic carbocycles. The number of nitrogens with zero attached hydrogens (tertiary/aromatic N) is 1. The van der Waals surface area contributed by atoms with Crippen LogP contribution in [0.2, 0.25) is 0 Å². The van der Waals surface area contributed by atoms with Crippen molar-refractivity contribution in [3.63, 3.8) is 0 Å². The van der Waals surface area contributed by atoms with Crippen molar-refractivity contribution in [1.82, 2.24) is 10.2 Å². The number of nitrogens with one attached hydrogen (secondary N) is 1. The molecular formula is C20H30N2O2. The van der Waals surface area contributed by atoms with Gasteiger partial charge in [0.05, 0.1) is 12.5 Å². The molecule has 1 atom stereocenters. The Hall–Kier alpha value is -1.39. The van der Waals surface area contributed by atoms with Gasteiger partial charge >= 0.3 is 0 Å². The van der Waals surface area contributed by atoms with Gasteiger partial charge in [-0.15, -0.1) is 0 Å². The zero-order chi connectivity index (χ0) is 16.8. The lowest BCUT2D eigenvalue weighted by molar-refractivity contribution is -0.129. The van der Waals surface area contributed by atoms with Crippen LogP contribution in [0.15, 0.2) is 24.3 Å². The lowest BCUT2D eigenvalue weighted by atomic mass is 9.95. The number of amides is 1. The van der Waals surface area contributed by atoms with E-state index >= 15 is 0 Å². The highest BCUT2D eigenvalue weighted by Crippen LogP contribution is 2.19. The maximum atomic E-state index is 12.2. The summed E-state index contributed by atoms with van der Waals surface area (Å²) in [6.45, 7) is 7.65. The summed E-state index contributed by atoms with van der Waals surface area (Å²) >= 11 is 0. The second kappa shape index (κ2) is 8.63. The van der Waals surface area contributed by atoms with Gasteiger partial charge in [0.1, 0.15) is 0 Å². The standard InChI is InChI=1S/C20H30N2O2/c1-16-4-6-18(7-5-16)14-22-10-8-17(9-11-22)13-21-20(23)19-3-2-12-24-15-19/h4-7,17,19H,2-3,8-15H2,1H3,(H,21,23). The zero-order valence-electron chi connectivity index (χ0n) is 14.8. The van der Waals surface area contributed by atoms with Gasteiger partial charge in [-0.25, -0.2) is 0 Å². The summed E-state index contributed by atoms with van der Waals surface area (Å²) in [5.74, 6) is 0.880. The van der Waals surface area contributed by atoms with Gasteiger partial charge in [0.25, 0.3) is 0 Å². The second-order valence-electron chi connectivity index (χ2n) is 7.36. The third-order valence-corrected chi connectivity index (χ3v) is 5.33. The minimum Gasteiger partial charge on any atom is -0.381 e. The molecule has 0 bridgehead atoms. The molecule has 1 aromatic rings. The van der Waals surface area contributed by atoms with Gasteiger partial charge in [-0.1, -0.05) is 29.8 Å². The molecule has 1 aromatic carbocycles. The van der Waals surface area contributed by atoms with E-state index in [4.69, 9.17) is 4.74 Å². The Labute approximate surface area is 145 Å². The highest BCUT2D eigenvalue weighted by atomic mass is 16.5. The van der Waals surface area contributed by atoms with Crippen LogP contribution in [0.3, 0.4) is 0 Å². The largest absolute Gasteiger partial charge is 0.381 e. The Morgan fingerprint density at radius 3 is 2.62 bits per heavy atom. The first-order valence-corrected chi connectivity index (χ1v) is 9.34. The minimum atomic E-state index is 0.0698. The van der Waals surface area contributed by atoms with Crippen molar-refractivity contribution in [1.29, 1.82) is 0 Å². The smallest absolute Gasteiger partial charge is 0.225 e. The first-order valence-electron chi connectivity index (χ1n) is 9.34. The summed E-state index contributed by atoms with van der Waals surface area (Å²) in [6.07, 6.45) is 4.33. The number of ether oxygens (including phenoxy) is 1. The highest BCUT2D eigenvalue weighted by Gasteiger charge is 2.24. The van der Waals surface area contributed by atoms with Crippen LogP contribution in [0.5, 0.6) is 0 Å². The van der Waals surface area contributed by atoms with Gasteiger partial charge in [0.2, 0.25) is 5.91 Å². The average Bonchev–Trinajstić information content (AvgIpc) is 2.63. The second-order valence-corrected chi connectivity index (χ2v) is 7.36. The summed E-state index contributed by atoms with van der Waals surface area (Å²) in [4.78, 5) is 14.7. The fourth-order valence-electron chi connectivity index (χ4n) is 3.64. The van der Waals surface area contributed by atoms with Crippen molar-refractivity contribution in [2.75, 3.05) is 32.8 Å². The molecular weight excluding hydrogens is 300 g/mol. The van der Waals surface area contributed by atoms with E-state index in [-0.39, 0.29) is 11.8 Å². The van der Waals surface area contributed by atoms with Crippen LogP contribution in [0.1, 0.15) is 36.8 Å². The number of carbonyl (C=O) groups excluding carboxylic acids is 1. The molecule has 2 fully saturated rings. The van der Waals surface area contributed by atoms with Crippen LogP contribution < -0.4 is 5.32 Å². The van der Waals surface area contributed by atoms with Crippen LogP contribution in [0.25, 0.3) is 0 Å². The van der Waals surface area contributed by atoms with Gasteiger partial charge in [0.15, 0.2) is 0 Å². The molecule has 0 aromatic heterocycles. The molecule has 2 aliphatic rings. The van der Waals surface area contributed by atoms with Gasteiger partial charge < -0.3 is 10.1 Å². The lowest BCUT2D eigenvalue weighted by Gasteiger charge is -2.32. The number of hydrogen-bond acceptors (Lipinski definition) is 3. The predicted octanol–water partition coefficient (Wildman–Crippen LogP) is 2.75. The summed E-state index contributed by atoms with van der Waals surface area (Å²) in [7, 11) is 0. The lowest BCUT2D eigenvalue weighted by Crippen LogP contribution is -2.41. The number of aryl methyl sites for hydroxylation is 1. The van der Waals surface area contributed by atoms with E-state index in [0.29, 0.717) is 12.5 Å². The quantitative estimate of drug-likeness (QED) is 0.902. The molecule has 1 N–H and O–H groups in total. The van der Waals surface area contributed by atoms with Gasteiger partial charge in [0, 0.05) is 19.7 Å². The van der Waals surface area contributed by atoms with Crippen molar-refractivity contribution in [3.05, 3.63) is 35.4 Å². The van der Waals surface area contributed by atoms with E-state index in [1.807, 2.05) is 0 Å². The normalized spacial score (nSPS) is 23.1. The summed E-state index contributed by atoms with van der Waals surface area (Å²) < 4.78 is 5.41. The maximum absolute atomic E-state index is 12.2. The monoisotopic (exact) mass is 330 g/mol. The molecule has 24 heavy (non-hydrogen) atoms. The van der Waals surface area contributed by atoms with Crippen molar-refractivity contribution >= 4 is 5.91 Å². The molecule has 2 saturated heterocycles. The van der Waals surface area contributed by atoms with E-state index in [9.17, 15) is 4.79 Å². The summed E-state index contributed by atoms with van der Waals surface area (Å²) in [5.41, 5.74) is 2.71. The van der Waals surface area contributed by atoms with Crippen LogP contribution in [0, 0.1) is 18.8 Å². The molecule has 0 saturated carbocycles. The number of hydrogen-bond donors (Lipinski definition) is 1. The Kier molecular flexibility index (Phi) is 6.27. The summed E-state index contributed by atoms with van der Waals surface area (Å²) in [6, 6.07) is 8.83. The predicted molar refractivity (Wildman–Crippen MR) is 95.7 cm³/mol. The molecule has 2 aliphatic heterocycles. The van der Waals surface area contributed by atoms with Crippen molar-refractivity contribution in [2.45, 2.75) is 39.2 Å². The van der Waals surface area contributed by atoms with Crippen LogP contribution in [0.4, 0.5) is 0 Å². The third kappa shape index (κ3) is 5.05. The number of piperidine rings is 1. The molecule has 4 heteroatoms. The van der Waals surface area contributed by atoms with Gasteiger partial charge in [-0.3, -0.25) is 9.69 Å². The molecule has 1 amide bonds. The van der Waals surface area contributed by atoms with Gasteiger partial charge in [-0.2, -0.15) is 0 Å². The number of carbonyl (C=O) groups is 1. The van der Waals surface area contributed by atoms with Crippen LogP contribution >= 0.6 is 0 Å². The van der Waals surface area contributed by atoms with Gasteiger partial charge in [-0.05, 0) is 57.2 Å². The fraction of sp³-hybridized carbons (Fsp3) is 0.650. The molecule has 1 unspecified atom stereocenters. The Morgan fingerprint density at radius 2 is 1.96 bits per heavy atom. The van der Waals surface area contributed by atoms with Crippen molar-refractivity contribution in [3.8, 4) is 0 Å². The minimum absolute atomic E-state index is 0.0698. The van der Waals surface area contributed by atoms with Crippen LogP contribution in [-0.4, -0.2) is 43.7 Å². The van der Waals surface area contributed by atoms with Crippen LogP contribution in [-0.2, 0) is 16.1 Å². The number of benzene rings is 1. The van der Waals surface area contributed by atoms with E-state index in [2.05, 4.69) is 41.4 Å². The van der Waals surface area contributed by atoms with E-state index in [1.165, 1.54) is 24.0 Å².